The zero-order valence-electron chi connectivity index (χ0n) is 12.1. The summed E-state index contributed by atoms with van der Waals surface area (Å²) < 4.78 is 11.1. The summed E-state index contributed by atoms with van der Waals surface area (Å²) in [7, 11) is 1.78. The highest BCUT2D eigenvalue weighted by Gasteiger charge is 2.24. The Hall–Kier alpha value is -1.59. The number of amides is 1. The van der Waals surface area contributed by atoms with Gasteiger partial charge in [0, 0.05) is 20.1 Å². The fourth-order valence-corrected chi connectivity index (χ4v) is 2.09. The number of hydrogen-bond acceptors (Lipinski definition) is 4. The molecule has 1 N–H and O–H groups in total. The molecule has 1 atom stereocenters. The average Bonchev–Trinajstić information content (AvgIpc) is 2.49. The molecule has 1 fully saturated rings. The molecule has 0 bridgehead atoms. The standard InChI is InChI=1S/C15H22N2O3/c1-12-5-3-4-6-13(12)20-10-8-17(2)15(18)14-11-16-7-9-19-14/h3-6,14,16H,7-11H2,1-2H3/t14-/m1/s1. The maximum Gasteiger partial charge on any atom is 0.252 e. The van der Waals surface area contributed by atoms with Gasteiger partial charge in [-0.25, -0.2) is 0 Å². The van der Waals surface area contributed by atoms with Crippen LogP contribution >= 0.6 is 0 Å². The molecule has 1 saturated heterocycles. The summed E-state index contributed by atoms with van der Waals surface area (Å²) >= 11 is 0. The van der Waals surface area contributed by atoms with Crippen molar-refractivity contribution in [1.29, 1.82) is 0 Å². The van der Waals surface area contributed by atoms with Gasteiger partial charge in [0.15, 0.2) is 0 Å². The Morgan fingerprint density at radius 3 is 3.00 bits per heavy atom. The van der Waals surface area contributed by atoms with Crippen LogP contribution < -0.4 is 10.1 Å². The SMILES string of the molecule is Cc1ccccc1OCCN(C)C(=O)[C@H]1CNCCO1. The second-order valence-corrected chi connectivity index (χ2v) is 4.94. The van der Waals surface area contributed by atoms with E-state index in [-0.39, 0.29) is 12.0 Å². The zero-order chi connectivity index (χ0) is 14.4. The van der Waals surface area contributed by atoms with E-state index in [4.69, 9.17) is 9.47 Å². The molecule has 1 aliphatic rings. The summed E-state index contributed by atoms with van der Waals surface area (Å²) in [5.41, 5.74) is 1.10. The quantitative estimate of drug-likeness (QED) is 0.866. The van der Waals surface area contributed by atoms with Gasteiger partial charge in [-0.2, -0.15) is 0 Å². The highest BCUT2D eigenvalue weighted by molar-refractivity contribution is 5.81. The maximum absolute atomic E-state index is 12.1. The van der Waals surface area contributed by atoms with Crippen molar-refractivity contribution >= 4 is 5.91 Å². The summed E-state index contributed by atoms with van der Waals surface area (Å²) in [6, 6.07) is 7.86. The van der Waals surface area contributed by atoms with Crippen molar-refractivity contribution in [2.75, 3.05) is 39.9 Å². The molecule has 1 aromatic carbocycles. The largest absolute Gasteiger partial charge is 0.491 e. The van der Waals surface area contributed by atoms with Gasteiger partial charge in [-0.15, -0.1) is 0 Å². The molecule has 110 valence electrons. The van der Waals surface area contributed by atoms with E-state index in [0.29, 0.717) is 26.3 Å². The third-order valence-electron chi connectivity index (χ3n) is 3.36. The van der Waals surface area contributed by atoms with Crippen LogP contribution in [-0.4, -0.2) is 56.8 Å². The first-order valence-electron chi connectivity index (χ1n) is 6.94. The average molecular weight is 278 g/mol. The molecule has 0 aliphatic carbocycles. The van der Waals surface area contributed by atoms with Gasteiger partial charge in [0.05, 0.1) is 13.2 Å². The lowest BCUT2D eigenvalue weighted by Gasteiger charge is -2.27. The predicted octanol–water partition coefficient (Wildman–Crippen LogP) is 0.821. The number of nitrogens with zero attached hydrogens (tertiary/aromatic N) is 1. The third kappa shape index (κ3) is 3.95. The molecule has 1 aliphatic heterocycles. The maximum atomic E-state index is 12.1. The second kappa shape index (κ2) is 7.26. The predicted molar refractivity (Wildman–Crippen MR) is 76.9 cm³/mol. The minimum atomic E-state index is -0.368. The van der Waals surface area contributed by atoms with Crippen LogP contribution in [-0.2, 0) is 9.53 Å². The van der Waals surface area contributed by atoms with Crippen LogP contribution in [0, 0.1) is 6.92 Å². The van der Waals surface area contributed by atoms with Crippen molar-refractivity contribution < 1.29 is 14.3 Å². The summed E-state index contributed by atoms with van der Waals surface area (Å²) in [5, 5.41) is 3.16. The Labute approximate surface area is 119 Å². The van der Waals surface area contributed by atoms with Crippen LogP contribution in [0.2, 0.25) is 0 Å². The summed E-state index contributed by atoms with van der Waals surface area (Å²) in [4.78, 5) is 13.8. The first kappa shape index (κ1) is 14.8. The highest BCUT2D eigenvalue weighted by Crippen LogP contribution is 2.15. The van der Waals surface area contributed by atoms with E-state index in [2.05, 4.69) is 5.32 Å². The van der Waals surface area contributed by atoms with Crippen molar-refractivity contribution in [3.63, 3.8) is 0 Å². The number of ether oxygens (including phenoxy) is 2. The molecule has 20 heavy (non-hydrogen) atoms. The zero-order valence-corrected chi connectivity index (χ0v) is 12.1. The molecular weight excluding hydrogens is 256 g/mol. The summed E-state index contributed by atoms with van der Waals surface area (Å²) in [5.74, 6) is 0.870. The number of aryl methyl sites for hydroxylation is 1. The Morgan fingerprint density at radius 2 is 2.30 bits per heavy atom. The Kier molecular flexibility index (Phi) is 5.38. The molecular formula is C15H22N2O3. The number of carbonyl (C=O) groups excluding carboxylic acids is 1. The number of benzene rings is 1. The molecule has 0 aromatic heterocycles. The van der Waals surface area contributed by atoms with Gasteiger partial charge in [0.2, 0.25) is 0 Å². The molecule has 5 heteroatoms. The Bertz CT molecular complexity index is 444. The van der Waals surface area contributed by atoms with Crippen molar-refractivity contribution in [3.8, 4) is 5.75 Å². The van der Waals surface area contributed by atoms with Gasteiger partial charge in [0.25, 0.3) is 5.91 Å². The number of nitrogens with one attached hydrogen (secondary N) is 1. The first-order chi connectivity index (χ1) is 9.68. The molecule has 0 saturated carbocycles. The number of rotatable bonds is 5. The first-order valence-corrected chi connectivity index (χ1v) is 6.94. The van der Waals surface area contributed by atoms with E-state index < -0.39 is 0 Å². The second-order valence-electron chi connectivity index (χ2n) is 4.94. The van der Waals surface area contributed by atoms with E-state index in [1.165, 1.54) is 0 Å². The van der Waals surface area contributed by atoms with Crippen molar-refractivity contribution in [3.05, 3.63) is 29.8 Å². The topological polar surface area (TPSA) is 50.8 Å². The van der Waals surface area contributed by atoms with Crippen molar-refractivity contribution in [2.24, 2.45) is 0 Å². The summed E-state index contributed by atoms with van der Waals surface area (Å²) in [6.45, 7) is 5.02. The smallest absolute Gasteiger partial charge is 0.252 e. The number of likely N-dealkylation sites (N-methyl/N-ethyl adjacent to an activating group) is 1. The van der Waals surface area contributed by atoms with E-state index in [9.17, 15) is 4.79 Å². The van der Waals surface area contributed by atoms with Crippen LogP contribution in [0.5, 0.6) is 5.75 Å². The van der Waals surface area contributed by atoms with Gasteiger partial charge in [-0.1, -0.05) is 18.2 Å². The molecule has 0 radical (unpaired) electrons. The van der Waals surface area contributed by atoms with Crippen molar-refractivity contribution in [1.82, 2.24) is 10.2 Å². The third-order valence-corrected chi connectivity index (χ3v) is 3.36. The van der Waals surface area contributed by atoms with E-state index in [1.807, 2.05) is 31.2 Å². The minimum Gasteiger partial charge on any atom is -0.491 e. The lowest BCUT2D eigenvalue weighted by Crippen LogP contribution is -2.49. The van der Waals surface area contributed by atoms with Crippen LogP contribution in [0.4, 0.5) is 0 Å². The van der Waals surface area contributed by atoms with Crippen LogP contribution in [0.15, 0.2) is 24.3 Å². The fraction of sp³-hybridized carbons (Fsp3) is 0.533. The van der Waals surface area contributed by atoms with Gasteiger partial charge in [-0.05, 0) is 18.6 Å². The molecule has 5 nitrogen and oxygen atoms in total. The van der Waals surface area contributed by atoms with Gasteiger partial charge in [-0.3, -0.25) is 4.79 Å². The normalized spacial score (nSPS) is 18.6. The minimum absolute atomic E-state index is 0.00517. The molecule has 2 rings (SSSR count). The number of morpholine rings is 1. The Balaban J connectivity index is 1.75. The molecule has 1 amide bonds. The number of hydrogen-bond donors (Lipinski definition) is 1. The monoisotopic (exact) mass is 278 g/mol. The van der Waals surface area contributed by atoms with E-state index in [1.54, 1.807) is 11.9 Å². The van der Waals surface area contributed by atoms with E-state index >= 15 is 0 Å². The lowest BCUT2D eigenvalue weighted by atomic mass is 10.2. The molecule has 1 aromatic rings. The molecule has 1 heterocycles. The number of para-hydroxylation sites is 1. The van der Waals surface area contributed by atoms with Crippen molar-refractivity contribution in [2.45, 2.75) is 13.0 Å². The molecule has 0 unspecified atom stereocenters. The van der Waals surface area contributed by atoms with Crippen LogP contribution in [0.1, 0.15) is 5.56 Å². The van der Waals surface area contributed by atoms with E-state index in [0.717, 1.165) is 17.9 Å². The lowest BCUT2D eigenvalue weighted by molar-refractivity contribution is -0.144. The summed E-state index contributed by atoms with van der Waals surface area (Å²) in [6.07, 6.45) is -0.368. The van der Waals surface area contributed by atoms with Gasteiger partial charge >= 0.3 is 0 Å². The molecule has 0 spiro atoms. The van der Waals surface area contributed by atoms with Gasteiger partial charge < -0.3 is 19.7 Å². The highest BCUT2D eigenvalue weighted by atomic mass is 16.5. The number of carbonyl (C=O) groups is 1. The van der Waals surface area contributed by atoms with Crippen LogP contribution in [0.3, 0.4) is 0 Å². The van der Waals surface area contributed by atoms with Crippen LogP contribution in [0.25, 0.3) is 0 Å². The Morgan fingerprint density at radius 1 is 1.50 bits per heavy atom. The fourth-order valence-electron chi connectivity index (χ4n) is 2.09. The van der Waals surface area contributed by atoms with Gasteiger partial charge in [0.1, 0.15) is 18.5 Å².